The number of piperidine rings is 1. The van der Waals surface area contributed by atoms with Crippen molar-refractivity contribution in [3.63, 3.8) is 0 Å². The van der Waals surface area contributed by atoms with E-state index in [1.807, 2.05) is 7.05 Å². The summed E-state index contributed by atoms with van der Waals surface area (Å²) in [6.45, 7) is 7.99. The predicted molar refractivity (Wildman–Crippen MR) is 92.4 cm³/mol. The molecule has 5 heteroatoms. The maximum atomic E-state index is 4.31. The van der Waals surface area contributed by atoms with Gasteiger partial charge in [-0.2, -0.15) is 0 Å². The van der Waals surface area contributed by atoms with Crippen molar-refractivity contribution < 1.29 is 0 Å². The van der Waals surface area contributed by atoms with Crippen LogP contribution in [0.4, 0.5) is 0 Å². The Morgan fingerprint density at radius 3 is 2.68 bits per heavy atom. The van der Waals surface area contributed by atoms with Crippen LogP contribution in [0.5, 0.6) is 0 Å². The molecule has 1 aliphatic heterocycles. The van der Waals surface area contributed by atoms with Crippen LogP contribution in [0.15, 0.2) is 4.99 Å². The van der Waals surface area contributed by atoms with Gasteiger partial charge in [0.1, 0.15) is 0 Å². The molecule has 0 aromatic heterocycles. The molecule has 1 saturated heterocycles. The van der Waals surface area contributed by atoms with Gasteiger partial charge < -0.3 is 10.6 Å². The summed E-state index contributed by atoms with van der Waals surface area (Å²) in [7, 11) is 1.86. The minimum atomic E-state index is 0. The highest BCUT2D eigenvalue weighted by molar-refractivity contribution is 14.0. The number of guanidine groups is 1. The summed E-state index contributed by atoms with van der Waals surface area (Å²) in [4.78, 5) is 6.90. The minimum absolute atomic E-state index is 0. The fourth-order valence-corrected chi connectivity index (χ4v) is 2.82. The molecule has 0 amide bonds. The smallest absolute Gasteiger partial charge is 0.191 e. The molecule has 2 N–H and O–H groups in total. The first-order chi connectivity index (χ1) is 8.74. The number of hydrogen-bond acceptors (Lipinski definition) is 2. The molecular weight excluding hydrogens is 351 g/mol. The lowest BCUT2D eigenvalue weighted by Gasteiger charge is -2.35. The van der Waals surface area contributed by atoms with E-state index in [4.69, 9.17) is 0 Å². The third-order valence-corrected chi connectivity index (χ3v) is 4.32. The van der Waals surface area contributed by atoms with Crippen molar-refractivity contribution in [3.05, 3.63) is 0 Å². The van der Waals surface area contributed by atoms with Crippen molar-refractivity contribution in [1.29, 1.82) is 0 Å². The van der Waals surface area contributed by atoms with Crippen LogP contribution < -0.4 is 10.6 Å². The van der Waals surface area contributed by atoms with Crippen molar-refractivity contribution in [3.8, 4) is 0 Å². The molecule has 1 aliphatic carbocycles. The van der Waals surface area contributed by atoms with E-state index in [9.17, 15) is 0 Å². The summed E-state index contributed by atoms with van der Waals surface area (Å²) in [5, 5.41) is 6.98. The van der Waals surface area contributed by atoms with Gasteiger partial charge in [-0.1, -0.05) is 20.3 Å². The molecule has 2 fully saturated rings. The third kappa shape index (κ3) is 5.10. The third-order valence-electron chi connectivity index (χ3n) is 4.32. The molecule has 2 aliphatic rings. The fraction of sp³-hybridized carbons (Fsp3) is 0.929. The van der Waals surface area contributed by atoms with Gasteiger partial charge in [-0.05, 0) is 38.3 Å². The predicted octanol–water partition coefficient (Wildman–Crippen LogP) is 2.05. The molecule has 0 bridgehead atoms. The summed E-state index contributed by atoms with van der Waals surface area (Å²) in [5.74, 6) is 1.79. The highest BCUT2D eigenvalue weighted by Gasteiger charge is 2.33. The fourth-order valence-electron chi connectivity index (χ4n) is 2.82. The monoisotopic (exact) mass is 380 g/mol. The van der Waals surface area contributed by atoms with Gasteiger partial charge in [0.25, 0.3) is 0 Å². The number of rotatable bonds is 4. The zero-order chi connectivity index (χ0) is 13.0. The summed E-state index contributed by atoms with van der Waals surface area (Å²) in [5.41, 5.74) is 0. The number of likely N-dealkylation sites (tertiary alicyclic amines) is 1. The normalized spacial score (nSPS) is 31.5. The average molecular weight is 380 g/mol. The standard InChI is InChI=1S/C14H28N4.HI/c1-4-18-8-6-5-7-12(18)10-16-14(15-3)17-13-9-11(13)2;/h11-13H,4-10H2,1-3H3,(H2,15,16,17);1H. The van der Waals surface area contributed by atoms with Gasteiger partial charge in [0.05, 0.1) is 0 Å². The molecule has 1 heterocycles. The van der Waals surface area contributed by atoms with Crippen LogP contribution in [0.25, 0.3) is 0 Å². The molecule has 0 aromatic carbocycles. The van der Waals surface area contributed by atoms with Crippen molar-refractivity contribution in [2.24, 2.45) is 10.9 Å². The number of nitrogens with zero attached hydrogens (tertiary/aromatic N) is 2. The van der Waals surface area contributed by atoms with Gasteiger partial charge in [0, 0.05) is 25.7 Å². The van der Waals surface area contributed by atoms with E-state index in [0.717, 1.165) is 25.0 Å². The zero-order valence-electron chi connectivity index (χ0n) is 12.5. The van der Waals surface area contributed by atoms with Crippen molar-refractivity contribution in [1.82, 2.24) is 15.5 Å². The SMILES string of the molecule is CCN1CCCCC1CNC(=NC)NC1CC1C.I. The van der Waals surface area contributed by atoms with Gasteiger partial charge in [0.15, 0.2) is 5.96 Å². The van der Waals surface area contributed by atoms with E-state index in [1.165, 1.54) is 32.2 Å². The van der Waals surface area contributed by atoms with E-state index in [2.05, 4.69) is 34.4 Å². The average Bonchev–Trinajstić information content (AvgIpc) is 3.10. The van der Waals surface area contributed by atoms with E-state index in [-0.39, 0.29) is 24.0 Å². The van der Waals surface area contributed by atoms with Gasteiger partial charge in [0.2, 0.25) is 0 Å². The number of nitrogens with one attached hydrogen (secondary N) is 2. The molecule has 19 heavy (non-hydrogen) atoms. The van der Waals surface area contributed by atoms with Crippen molar-refractivity contribution in [2.45, 2.75) is 51.6 Å². The number of halogens is 1. The lowest BCUT2D eigenvalue weighted by molar-refractivity contribution is 0.157. The molecule has 3 unspecified atom stereocenters. The summed E-state index contributed by atoms with van der Waals surface area (Å²) < 4.78 is 0. The highest BCUT2D eigenvalue weighted by atomic mass is 127. The molecular formula is C14H29IN4. The first-order valence-corrected chi connectivity index (χ1v) is 7.45. The lowest BCUT2D eigenvalue weighted by atomic mass is 10.0. The first kappa shape index (κ1) is 17.0. The lowest BCUT2D eigenvalue weighted by Crippen LogP contribution is -2.49. The quantitative estimate of drug-likeness (QED) is 0.446. The Kier molecular flexibility index (Phi) is 7.42. The second-order valence-corrected chi connectivity index (χ2v) is 5.70. The van der Waals surface area contributed by atoms with E-state index in [0.29, 0.717) is 12.1 Å². The van der Waals surface area contributed by atoms with E-state index in [1.54, 1.807) is 0 Å². The van der Waals surface area contributed by atoms with Crippen LogP contribution in [-0.4, -0.2) is 49.6 Å². The minimum Gasteiger partial charge on any atom is -0.355 e. The molecule has 0 aromatic rings. The topological polar surface area (TPSA) is 39.7 Å². The van der Waals surface area contributed by atoms with Crippen LogP contribution in [0.2, 0.25) is 0 Å². The number of likely N-dealkylation sites (N-methyl/N-ethyl adjacent to an activating group) is 1. The van der Waals surface area contributed by atoms with Crippen LogP contribution in [-0.2, 0) is 0 Å². The van der Waals surface area contributed by atoms with Crippen LogP contribution in [0, 0.1) is 5.92 Å². The Morgan fingerprint density at radius 1 is 1.37 bits per heavy atom. The Labute approximate surface area is 134 Å². The second-order valence-electron chi connectivity index (χ2n) is 5.70. The maximum Gasteiger partial charge on any atom is 0.191 e. The van der Waals surface area contributed by atoms with Crippen molar-refractivity contribution >= 4 is 29.9 Å². The van der Waals surface area contributed by atoms with Crippen LogP contribution in [0.3, 0.4) is 0 Å². The Morgan fingerprint density at radius 2 is 2.11 bits per heavy atom. The largest absolute Gasteiger partial charge is 0.355 e. The van der Waals surface area contributed by atoms with Crippen LogP contribution >= 0.6 is 24.0 Å². The molecule has 1 saturated carbocycles. The Hall–Kier alpha value is -0.0400. The first-order valence-electron chi connectivity index (χ1n) is 7.45. The molecule has 0 radical (unpaired) electrons. The summed E-state index contributed by atoms with van der Waals surface area (Å²) in [6.07, 6.45) is 5.33. The number of hydrogen-bond donors (Lipinski definition) is 2. The highest BCUT2D eigenvalue weighted by Crippen LogP contribution is 2.28. The van der Waals surface area contributed by atoms with Gasteiger partial charge in [-0.15, -0.1) is 24.0 Å². The molecule has 0 spiro atoms. The Bertz CT molecular complexity index is 295. The van der Waals surface area contributed by atoms with Gasteiger partial charge >= 0.3 is 0 Å². The van der Waals surface area contributed by atoms with E-state index < -0.39 is 0 Å². The Balaban J connectivity index is 0.00000180. The molecule has 2 rings (SSSR count). The zero-order valence-corrected chi connectivity index (χ0v) is 14.8. The van der Waals surface area contributed by atoms with Gasteiger partial charge in [-0.3, -0.25) is 9.89 Å². The number of aliphatic imine (C=N–C) groups is 1. The molecule has 4 nitrogen and oxygen atoms in total. The van der Waals surface area contributed by atoms with Crippen LogP contribution in [0.1, 0.15) is 39.5 Å². The second kappa shape index (κ2) is 8.29. The van der Waals surface area contributed by atoms with E-state index >= 15 is 0 Å². The summed E-state index contributed by atoms with van der Waals surface area (Å²) in [6, 6.07) is 1.32. The summed E-state index contributed by atoms with van der Waals surface area (Å²) >= 11 is 0. The maximum absolute atomic E-state index is 4.31. The molecule has 3 atom stereocenters. The van der Waals surface area contributed by atoms with Crippen molar-refractivity contribution in [2.75, 3.05) is 26.7 Å². The van der Waals surface area contributed by atoms with Gasteiger partial charge in [-0.25, -0.2) is 0 Å². The molecule has 112 valence electrons.